The smallest absolute Gasteiger partial charge is 0.257 e. The Morgan fingerprint density at radius 3 is 2.39 bits per heavy atom. The minimum Gasteiger partial charge on any atom is -0.369 e. The standard InChI is InChI=1S/C25H24ClFN4OS/c26-20-6-3-5-18(16-20)24(32)29-25(33)28-21-8-10-22(11-9-21)31-14-12-30(13-15-31)17-19-4-1-2-7-23(19)27/h1-11,16H,12-15,17H2,(H2,28,29,32,33). The molecule has 0 bridgehead atoms. The molecule has 0 atom stereocenters. The number of carbonyl (C=O) groups is 1. The number of amides is 1. The lowest BCUT2D eigenvalue weighted by Gasteiger charge is -2.36. The first-order chi connectivity index (χ1) is 16.0. The summed E-state index contributed by atoms with van der Waals surface area (Å²) in [5, 5.41) is 6.40. The molecule has 0 aliphatic carbocycles. The van der Waals surface area contributed by atoms with E-state index >= 15 is 0 Å². The number of nitrogens with one attached hydrogen (secondary N) is 2. The Balaban J connectivity index is 1.26. The molecule has 33 heavy (non-hydrogen) atoms. The van der Waals surface area contributed by atoms with Crippen molar-refractivity contribution >= 4 is 46.2 Å². The van der Waals surface area contributed by atoms with Gasteiger partial charge in [-0.25, -0.2) is 4.39 Å². The molecule has 0 radical (unpaired) electrons. The Labute approximate surface area is 203 Å². The molecular formula is C25H24ClFN4OS. The van der Waals surface area contributed by atoms with E-state index in [-0.39, 0.29) is 16.8 Å². The molecule has 1 saturated heterocycles. The Bertz CT molecular complexity index is 1130. The van der Waals surface area contributed by atoms with E-state index in [9.17, 15) is 9.18 Å². The molecule has 170 valence electrons. The number of rotatable bonds is 5. The van der Waals surface area contributed by atoms with Crippen LogP contribution < -0.4 is 15.5 Å². The van der Waals surface area contributed by atoms with Crippen molar-refractivity contribution in [3.05, 3.63) is 94.8 Å². The summed E-state index contributed by atoms with van der Waals surface area (Å²) >= 11 is 11.2. The first-order valence-corrected chi connectivity index (χ1v) is 11.5. The summed E-state index contributed by atoms with van der Waals surface area (Å²) in [4.78, 5) is 16.9. The van der Waals surface area contributed by atoms with Gasteiger partial charge in [0, 0.05) is 60.2 Å². The Kier molecular flexibility index (Phi) is 7.54. The Morgan fingerprint density at radius 1 is 0.970 bits per heavy atom. The molecule has 0 saturated carbocycles. The van der Waals surface area contributed by atoms with Gasteiger partial charge in [0.15, 0.2) is 5.11 Å². The van der Waals surface area contributed by atoms with Gasteiger partial charge in [-0.1, -0.05) is 35.9 Å². The molecule has 1 heterocycles. The van der Waals surface area contributed by atoms with Crippen LogP contribution in [0.1, 0.15) is 15.9 Å². The minimum absolute atomic E-state index is 0.148. The van der Waals surface area contributed by atoms with E-state index in [1.165, 1.54) is 6.07 Å². The van der Waals surface area contributed by atoms with E-state index < -0.39 is 0 Å². The van der Waals surface area contributed by atoms with E-state index in [0.717, 1.165) is 43.1 Å². The van der Waals surface area contributed by atoms with Crippen LogP contribution in [0.5, 0.6) is 0 Å². The Morgan fingerprint density at radius 2 is 1.70 bits per heavy atom. The number of hydrogen-bond acceptors (Lipinski definition) is 4. The van der Waals surface area contributed by atoms with E-state index in [0.29, 0.717) is 17.1 Å². The van der Waals surface area contributed by atoms with Crippen LogP contribution in [0, 0.1) is 5.82 Å². The molecule has 0 spiro atoms. The largest absolute Gasteiger partial charge is 0.369 e. The first kappa shape index (κ1) is 23.2. The van der Waals surface area contributed by atoms with Gasteiger partial charge in [-0.15, -0.1) is 0 Å². The van der Waals surface area contributed by atoms with E-state index in [2.05, 4.69) is 20.4 Å². The molecule has 0 unspecified atom stereocenters. The summed E-state index contributed by atoms with van der Waals surface area (Å²) in [5.74, 6) is -0.468. The van der Waals surface area contributed by atoms with Crippen LogP contribution in [0.4, 0.5) is 15.8 Å². The molecular weight excluding hydrogens is 459 g/mol. The number of benzene rings is 3. The van der Waals surface area contributed by atoms with Gasteiger partial charge in [-0.05, 0) is 60.7 Å². The molecule has 1 amide bonds. The fraction of sp³-hybridized carbons (Fsp3) is 0.200. The fourth-order valence-corrected chi connectivity index (χ4v) is 4.16. The van der Waals surface area contributed by atoms with Gasteiger partial charge in [-0.2, -0.15) is 0 Å². The van der Waals surface area contributed by atoms with Crippen molar-refractivity contribution in [2.75, 3.05) is 36.4 Å². The van der Waals surface area contributed by atoms with Crippen LogP contribution in [0.3, 0.4) is 0 Å². The van der Waals surface area contributed by atoms with Crippen molar-refractivity contribution in [1.29, 1.82) is 0 Å². The summed E-state index contributed by atoms with van der Waals surface area (Å²) in [6, 6.07) is 21.5. The van der Waals surface area contributed by atoms with Crippen molar-refractivity contribution in [1.82, 2.24) is 10.2 Å². The topological polar surface area (TPSA) is 47.6 Å². The van der Waals surface area contributed by atoms with Crippen LogP contribution >= 0.6 is 23.8 Å². The maximum absolute atomic E-state index is 13.9. The lowest BCUT2D eigenvalue weighted by atomic mass is 10.1. The number of halogens is 2. The van der Waals surface area contributed by atoms with Gasteiger partial charge in [-0.3, -0.25) is 15.0 Å². The third-order valence-corrected chi connectivity index (χ3v) is 5.97. The number of thiocarbonyl (C=S) groups is 1. The van der Waals surface area contributed by atoms with Crippen LogP contribution in [0.15, 0.2) is 72.8 Å². The maximum Gasteiger partial charge on any atom is 0.257 e. The zero-order valence-corrected chi connectivity index (χ0v) is 19.5. The summed E-state index contributed by atoms with van der Waals surface area (Å²) in [6.07, 6.45) is 0. The highest BCUT2D eigenvalue weighted by atomic mass is 35.5. The Hall–Kier alpha value is -3.00. The highest BCUT2D eigenvalue weighted by Crippen LogP contribution is 2.21. The van der Waals surface area contributed by atoms with E-state index in [1.54, 1.807) is 30.3 Å². The van der Waals surface area contributed by atoms with E-state index in [4.69, 9.17) is 23.8 Å². The summed E-state index contributed by atoms with van der Waals surface area (Å²) < 4.78 is 13.9. The molecule has 1 aliphatic heterocycles. The van der Waals surface area contributed by atoms with Crippen LogP contribution in [-0.4, -0.2) is 42.1 Å². The predicted molar refractivity (Wildman–Crippen MR) is 135 cm³/mol. The molecule has 2 N–H and O–H groups in total. The van der Waals surface area contributed by atoms with Gasteiger partial charge in [0.1, 0.15) is 5.82 Å². The fourth-order valence-electron chi connectivity index (χ4n) is 3.75. The lowest BCUT2D eigenvalue weighted by Crippen LogP contribution is -2.46. The molecule has 3 aromatic rings. The normalized spacial score (nSPS) is 14.1. The van der Waals surface area contributed by atoms with Gasteiger partial charge in [0.05, 0.1) is 0 Å². The lowest BCUT2D eigenvalue weighted by molar-refractivity contribution is 0.0977. The van der Waals surface area contributed by atoms with E-state index in [1.807, 2.05) is 36.4 Å². The molecule has 1 aliphatic rings. The minimum atomic E-state index is -0.320. The third-order valence-electron chi connectivity index (χ3n) is 5.53. The predicted octanol–water partition coefficient (Wildman–Crippen LogP) is 4.93. The molecule has 5 nitrogen and oxygen atoms in total. The molecule has 1 fully saturated rings. The highest BCUT2D eigenvalue weighted by molar-refractivity contribution is 7.80. The molecule has 4 rings (SSSR count). The van der Waals surface area contributed by atoms with Crippen LogP contribution in [-0.2, 0) is 6.54 Å². The van der Waals surface area contributed by atoms with Gasteiger partial charge in [0.25, 0.3) is 5.91 Å². The van der Waals surface area contributed by atoms with Crippen molar-refractivity contribution in [3.8, 4) is 0 Å². The van der Waals surface area contributed by atoms with Gasteiger partial charge < -0.3 is 10.2 Å². The summed E-state index contributed by atoms with van der Waals surface area (Å²) in [5.41, 5.74) is 3.07. The number of carbonyl (C=O) groups excluding carboxylic acids is 1. The molecule has 3 aromatic carbocycles. The second kappa shape index (κ2) is 10.7. The number of hydrogen-bond donors (Lipinski definition) is 2. The van der Waals surface area contributed by atoms with Crippen molar-refractivity contribution in [2.45, 2.75) is 6.54 Å². The van der Waals surface area contributed by atoms with Crippen molar-refractivity contribution < 1.29 is 9.18 Å². The van der Waals surface area contributed by atoms with Crippen LogP contribution in [0.2, 0.25) is 5.02 Å². The second-order valence-corrected chi connectivity index (χ2v) is 8.66. The SMILES string of the molecule is O=C(NC(=S)Nc1ccc(N2CCN(Cc3ccccc3F)CC2)cc1)c1cccc(Cl)c1. The average molecular weight is 483 g/mol. The monoisotopic (exact) mass is 482 g/mol. The van der Waals surface area contributed by atoms with Crippen molar-refractivity contribution in [3.63, 3.8) is 0 Å². The molecule has 8 heteroatoms. The maximum atomic E-state index is 13.9. The second-order valence-electron chi connectivity index (χ2n) is 7.82. The zero-order chi connectivity index (χ0) is 23.2. The quantitative estimate of drug-likeness (QED) is 0.505. The number of piperazine rings is 1. The number of anilines is 2. The first-order valence-electron chi connectivity index (χ1n) is 10.7. The molecule has 0 aromatic heterocycles. The zero-order valence-electron chi connectivity index (χ0n) is 17.9. The van der Waals surface area contributed by atoms with Gasteiger partial charge >= 0.3 is 0 Å². The number of nitrogens with zero attached hydrogens (tertiary/aromatic N) is 2. The third kappa shape index (κ3) is 6.28. The van der Waals surface area contributed by atoms with Crippen molar-refractivity contribution in [2.24, 2.45) is 0 Å². The summed E-state index contributed by atoms with van der Waals surface area (Å²) in [6.45, 7) is 4.11. The average Bonchev–Trinajstić information content (AvgIpc) is 2.81. The van der Waals surface area contributed by atoms with Gasteiger partial charge in [0.2, 0.25) is 0 Å². The highest BCUT2D eigenvalue weighted by Gasteiger charge is 2.18. The van der Waals surface area contributed by atoms with Crippen LogP contribution in [0.25, 0.3) is 0 Å². The summed E-state index contributed by atoms with van der Waals surface area (Å²) in [7, 11) is 0.